The topological polar surface area (TPSA) is 60.9 Å². The van der Waals surface area contributed by atoms with Crippen LogP contribution in [-0.2, 0) is 14.4 Å². The molecule has 0 aromatic heterocycles. The van der Waals surface area contributed by atoms with Crippen LogP contribution < -0.4 is 4.90 Å². The van der Waals surface area contributed by atoms with E-state index in [0.29, 0.717) is 31.5 Å². The Morgan fingerprint density at radius 1 is 0.833 bits per heavy atom. The van der Waals surface area contributed by atoms with Gasteiger partial charge in [0.1, 0.15) is 0 Å². The second-order valence-corrected chi connectivity index (χ2v) is 9.53. The predicted molar refractivity (Wildman–Crippen MR) is 116 cm³/mol. The van der Waals surface area contributed by atoms with Gasteiger partial charge in [-0.1, -0.05) is 32.0 Å². The predicted octanol–water partition coefficient (Wildman–Crippen LogP) is 2.78. The molecule has 0 N–H and O–H groups in total. The Balaban J connectivity index is 1.30. The number of anilines is 1. The number of para-hydroxylation sites is 1. The summed E-state index contributed by atoms with van der Waals surface area (Å²) in [6, 6.07) is 9.55. The number of hydrogen-bond donors (Lipinski definition) is 0. The van der Waals surface area contributed by atoms with Crippen LogP contribution in [-0.4, -0.2) is 60.2 Å². The van der Waals surface area contributed by atoms with Gasteiger partial charge in [-0.15, -0.1) is 0 Å². The number of amides is 3. The Morgan fingerprint density at radius 2 is 1.43 bits per heavy atom. The summed E-state index contributed by atoms with van der Waals surface area (Å²) in [6.45, 7) is 7.85. The van der Waals surface area contributed by atoms with E-state index in [1.165, 1.54) is 6.42 Å². The first-order valence-corrected chi connectivity index (χ1v) is 11.4. The number of carbonyl (C=O) groups is 3. The molecule has 6 nitrogen and oxygen atoms in total. The molecule has 0 saturated carbocycles. The highest BCUT2D eigenvalue weighted by molar-refractivity contribution is 6.00. The molecule has 4 rings (SSSR count). The molecule has 6 heteroatoms. The van der Waals surface area contributed by atoms with Crippen molar-refractivity contribution >= 4 is 23.4 Å². The van der Waals surface area contributed by atoms with Crippen LogP contribution in [0, 0.1) is 23.7 Å². The minimum atomic E-state index is -0.284. The lowest BCUT2D eigenvalue weighted by Gasteiger charge is -2.39. The third kappa shape index (κ3) is 4.37. The first-order valence-electron chi connectivity index (χ1n) is 11.4. The SMILES string of the molecule is CC1CC(C)CN(C(=O)C2CCN(C(=O)C3CC(=O)N(c4ccccc4)C3)CC2)C1. The number of carbonyl (C=O) groups excluding carboxylic acids is 3. The second kappa shape index (κ2) is 8.78. The minimum Gasteiger partial charge on any atom is -0.342 e. The molecule has 3 aliphatic heterocycles. The molecule has 1 aromatic rings. The molecular weight excluding hydrogens is 378 g/mol. The molecule has 3 fully saturated rings. The molecular formula is C24H33N3O3. The van der Waals surface area contributed by atoms with Gasteiger partial charge in [0.05, 0.1) is 5.92 Å². The maximum atomic E-state index is 13.0. The van der Waals surface area contributed by atoms with Gasteiger partial charge in [-0.3, -0.25) is 14.4 Å². The van der Waals surface area contributed by atoms with Crippen molar-refractivity contribution in [3.8, 4) is 0 Å². The summed E-state index contributed by atoms with van der Waals surface area (Å²) in [4.78, 5) is 44.1. The van der Waals surface area contributed by atoms with E-state index in [4.69, 9.17) is 0 Å². The van der Waals surface area contributed by atoms with E-state index >= 15 is 0 Å². The zero-order valence-corrected chi connectivity index (χ0v) is 18.1. The van der Waals surface area contributed by atoms with Crippen molar-refractivity contribution in [1.29, 1.82) is 0 Å². The minimum absolute atomic E-state index is 0.0120. The van der Waals surface area contributed by atoms with Gasteiger partial charge in [0, 0.05) is 50.7 Å². The van der Waals surface area contributed by atoms with Crippen LogP contribution in [0.3, 0.4) is 0 Å². The highest BCUT2D eigenvalue weighted by atomic mass is 16.2. The van der Waals surface area contributed by atoms with Crippen molar-refractivity contribution < 1.29 is 14.4 Å². The summed E-state index contributed by atoms with van der Waals surface area (Å²) in [5, 5.41) is 0. The summed E-state index contributed by atoms with van der Waals surface area (Å²) < 4.78 is 0. The first kappa shape index (κ1) is 20.9. The fourth-order valence-electron chi connectivity index (χ4n) is 5.44. The van der Waals surface area contributed by atoms with Crippen molar-refractivity contribution in [3.05, 3.63) is 30.3 Å². The van der Waals surface area contributed by atoms with Crippen LogP contribution in [0.25, 0.3) is 0 Å². The number of hydrogen-bond acceptors (Lipinski definition) is 3. The van der Waals surface area contributed by atoms with E-state index in [1.807, 2.05) is 40.1 Å². The van der Waals surface area contributed by atoms with Gasteiger partial charge in [0.15, 0.2) is 0 Å². The number of rotatable bonds is 3. The van der Waals surface area contributed by atoms with E-state index in [2.05, 4.69) is 13.8 Å². The summed E-state index contributed by atoms with van der Waals surface area (Å²) >= 11 is 0. The molecule has 3 unspecified atom stereocenters. The van der Waals surface area contributed by atoms with Gasteiger partial charge >= 0.3 is 0 Å². The fraction of sp³-hybridized carbons (Fsp3) is 0.625. The lowest BCUT2D eigenvalue weighted by molar-refractivity contribution is -0.144. The van der Waals surface area contributed by atoms with Crippen LogP contribution >= 0.6 is 0 Å². The Bertz CT molecular complexity index is 778. The third-order valence-electron chi connectivity index (χ3n) is 6.88. The largest absolute Gasteiger partial charge is 0.342 e. The Hall–Kier alpha value is -2.37. The van der Waals surface area contributed by atoms with Crippen molar-refractivity contribution in [2.45, 2.75) is 39.5 Å². The number of nitrogens with zero attached hydrogens (tertiary/aromatic N) is 3. The summed E-state index contributed by atoms with van der Waals surface area (Å²) in [7, 11) is 0. The van der Waals surface area contributed by atoms with Crippen molar-refractivity contribution in [3.63, 3.8) is 0 Å². The number of piperidine rings is 2. The van der Waals surface area contributed by atoms with E-state index in [0.717, 1.165) is 31.6 Å². The standard InChI is InChI=1S/C24H33N3O3/c1-17-12-18(2)15-26(14-17)23(29)19-8-10-25(11-9-19)24(30)20-13-22(28)27(16-20)21-6-4-3-5-7-21/h3-7,17-20H,8-16H2,1-2H3. The molecule has 0 aliphatic carbocycles. The van der Waals surface area contributed by atoms with Crippen LogP contribution in [0.1, 0.15) is 39.5 Å². The van der Waals surface area contributed by atoms with Gasteiger partial charge in [0.2, 0.25) is 17.7 Å². The molecule has 0 spiro atoms. The first-order chi connectivity index (χ1) is 14.4. The Kier molecular flexibility index (Phi) is 6.11. The van der Waals surface area contributed by atoms with Crippen LogP contribution in [0.4, 0.5) is 5.69 Å². The number of likely N-dealkylation sites (tertiary alicyclic amines) is 2. The Morgan fingerprint density at radius 3 is 2.07 bits per heavy atom. The molecule has 3 aliphatic rings. The van der Waals surface area contributed by atoms with E-state index in [-0.39, 0.29) is 36.0 Å². The monoisotopic (exact) mass is 411 g/mol. The lowest BCUT2D eigenvalue weighted by atomic mass is 9.89. The second-order valence-electron chi connectivity index (χ2n) is 9.53. The van der Waals surface area contributed by atoms with Gasteiger partial charge in [0.25, 0.3) is 0 Å². The van der Waals surface area contributed by atoms with Gasteiger partial charge in [-0.2, -0.15) is 0 Å². The molecule has 3 atom stereocenters. The third-order valence-corrected chi connectivity index (χ3v) is 6.88. The van der Waals surface area contributed by atoms with Gasteiger partial charge < -0.3 is 14.7 Å². The van der Waals surface area contributed by atoms with E-state index < -0.39 is 0 Å². The summed E-state index contributed by atoms with van der Waals surface area (Å²) in [5.74, 6) is 1.21. The summed E-state index contributed by atoms with van der Waals surface area (Å²) in [6.07, 6.45) is 2.92. The molecule has 162 valence electrons. The smallest absolute Gasteiger partial charge is 0.228 e. The molecule has 30 heavy (non-hydrogen) atoms. The zero-order valence-electron chi connectivity index (χ0n) is 18.1. The van der Waals surface area contributed by atoms with Crippen molar-refractivity contribution in [2.24, 2.45) is 23.7 Å². The molecule has 0 radical (unpaired) electrons. The van der Waals surface area contributed by atoms with Crippen molar-refractivity contribution in [1.82, 2.24) is 9.80 Å². The molecule has 1 aromatic carbocycles. The normalized spacial score (nSPS) is 28.1. The average Bonchev–Trinajstić information content (AvgIpc) is 3.14. The Labute approximate surface area is 179 Å². The van der Waals surface area contributed by atoms with E-state index in [9.17, 15) is 14.4 Å². The van der Waals surface area contributed by atoms with Gasteiger partial charge in [-0.25, -0.2) is 0 Å². The average molecular weight is 412 g/mol. The highest BCUT2D eigenvalue weighted by Crippen LogP contribution is 2.29. The van der Waals surface area contributed by atoms with Crippen LogP contribution in [0.15, 0.2) is 30.3 Å². The van der Waals surface area contributed by atoms with Crippen molar-refractivity contribution in [2.75, 3.05) is 37.6 Å². The quantitative estimate of drug-likeness (QED) is 0.768. The maximum absolute atomic E-state index is 13.0. The van der Waals surface area contributed by atoms with E-state index in [1.54, 1.807) is 4.90 Å². The van der Waals surface area contributed by atoms with Crippen LogP contribution in [0.2, 0.25) is 0 Å². The lowest BCUT2D eigenvalue weighted by Crippen LogP contribution is -2.49. The fourth-order valence-corrected chi connectivity index (χ4v) is 5.44. The highest BCUT2D eigenvalue weighted by Gasteiger charge is 2.39. The molecule has 3 heterocycles. The van der Waals surface area contributed by atoms with Gasteiger partial charge in [-0.05, 0) is 43.2 Å². The summed E-state index contributed by atoms with van der Waals surface area (Å²) in [5.41, 5.74) is 0.854. The molecule has 3 saturated heterocycles. The zero-order chi connectivity index (χ0) is 21.3. The number of benzene rings is 1. The maximum Gasteiger partial charge on any atom is 0.228 e. The van der Waals surface area contributed by atoms with Crippen LogP contribution in [0.5, 0.6) is 0 Å². The molecule has 3 amide bonds. The molecule has 0 bridgehead atoms.